The highest BCUT2D eigenvalue weighted by Crippen LogP contribution is 2.22. The molecule has 0 spiro atoms. The number of rotatable bonds is 4. The molecule has 2 atom stereocenters. The molecule has 0 saturated carbocycles. The third-order valence-electron chi connectivity index (χ3n) is 3.87. The first-order chi connectivity index (χ1) is 9.52. The molecule has 1 saturated heterocycles. The summed E-state index contributed by atoms with van der Waals surface area (Å²) >= 11 is 3.56. The average Bonchev–Trinajstić information content (AvgIpc) is 2.81. The molecule has 20 heavy (non-hydrogen) atoms. The van der Waals surface area contributed by atoms with Crippen molar-refractivity contribution in [3.05, 3.63) is 33.8 Å². The molecule has 1 N–H and O–H groups in total. The lowest BCUT2D eigenvalue weighted by atomic mass is 10.1. The lowest BCUT2D eigenvalue weighted by Gasteiger charge is -2.18. The fourth-order valence-corrected chi connectivity index (χ4v) is 2.98. The van der Waals surface area contributed by atoms with Gasteiger partial charge in [-0.1, -0.05) is 34.1 Å². The van der Waals surface area contributed by atoms with Gasteiger partial charge in [0.25, 0.3) is 0 Å². The molecular formula is C15H21BrN2O2. The number of halogens is 1. The summed E-state index contributed by atoms with van der Waals surface area (Å²) in [7, 11) is 3.66. The number of aryl methyl sites for hydroxylation is 1. The van der Waals surface area contributed by atoms with Crippen molar-refractivity contribution in [2.75, 3.05) is 20.7 Å². The molecule has 0 radical (unpaired) electrons. The number of carbonyl (C=O) groups is 1. The van der Waals surface area contributed by atoms with E-state index in [1.165, 1.54) is 5.56 Å². The molecule has 2 rings (SSSR count). The molecule has 0 unspecified atom stereocenters. The van der Waals surface area contributed by atoms with Gasteiger partial charge in [-0.05, 0) is 31.5 Å². The molecule has 1 heterocycles. The van der Waals surface area contributed by atoms with Crippen molar-refractivity contribution >= 4 is 21.8 Å². The Hall–Kier alpha value is -0.910. The van der Waals surface area contributed by atoms with E-state index in [-0.39, 0.29) is 18.1 Å². The van der Waals surface area contributed by atoms with Gasteiger partial charge in [0.1, 0.15) is 0 Å². The minimum atomic E-state index is -0.0939. The van der Waals surface area contributed by atoms with Gasteiger partial charge in [0.15, 0.2) is 0 Å². The van der Waals surface area contributed by atoms with Crippen molar-refractivity contribution in [3.8, 4) is 0 Å². The van der Waals surface area contributed by atoms with Gasteiger partial charge >= 0.3 is 0 Å². The fourth-order valence-electron chi connectivity index (χ4n) is 2.57. The van der Waals surface area contributed by atoms with Crippen LogP contribution in [0.5, 0.6) is 0 Å². The van der Waals surface area contributed by atoms with Crippen LogP contribution < -0.4 is 5.32 Å². The second-order valence-electron chi connectivity index (χ2n) is 5.31. The van der Waals surface area contributed by atoms with Crippen LogP contribution in [0.4, 0.5) is 0 Å². The number of nitrogens with one attached hydrogen (secondary N) is 1. The zero-order chi connectivity index (χ0) is 14.7. The highest BCUT2D eigenvalue weighted by molar-refractivity contribution is 9.10. The van der Waals surface area contributed by atoms with Crippen LogP contribution in [0.25, 0.3) is 0 Å². The second-order valence-corrected chi connectivity index (χ2v) is 6.11. The predicted octanol–water partition coefficient (Wildman–Crippen LogP) is 2.09. The van der Waals surface area contributed by atoms with Crippen molar-refractivity contribution in [2.24, 2.45) is 0 Å². The van der Waals surface area contributed by atoms with Crippen LogP contribution in [0.1, 0.15) is 17.5 Å². The summed E-state index contributed by atoms with van der Waals surface area (Å²) in [4.78, 5) is 14.3. The quantitative estimate of drug-likeness (QED) is 0.912. The van der Waals surface area contributed by atoms with Crippen molar-refractivity contribution in [3.63, 3.8) is 0 Å². The molecule has 0 aliphatic carbocycles. The molecule has 1 aliphatic heterocycles. The first kappa shape index (κ1) is 15.5. The number of methoxy groups -OCH3 is 1. The summed E-state index contributed by atoms with van der Waals surface area (Å²) in [6.07, 6.45) is 0.912. The number of carbonyl (C=O) groups excluding carboxylic acids is 1. The van der Waals surface area contributed by atoms with Gasteiger partial charge in [-0.2, -0.15) is 0 Å². The minimum absolute atomic E-state index is 0.0699. The smallest absolute Gasteiger partial charge is 0.237 e. The lowest BCUT2D eigenvalue weighted by molar-refractivity contribution is -0.125. The molecule has 110 valence electrons. The number of ether oxygens (including phenoxy) is 1. The van der Waals surface area contributed by atoms with Crippen LogP contribution in [0, 0.1) is 6.92 Å². The first-order valence-electron chi connectivity index (χ1n) is 6.77. The maximum absolute atomic E-state index is 12.3. The molecule has 4 nitrogen and oxygen atoms in total. The van der Waals surface area contributed by atoms with Crippen molar-refractivity contribution < 1.29 is 9.53 Å². The van der Waals surface area contributed by atoms with E-state index in [0.29, 0.717) is 6.54 Å². The molecule has 0 bridgehead atoms. The highest BCUT2D eigenvalue weighted by Gasteiger charge is 2.34. The van der Waals surface area contributed by atoms with E-state index in [9.17, 15) is 4.79 Å². The average molecular weight is 341 g/mol. The van der Waals surface area contributed by atoms with Crippen LogP contribution in [0.3, 0.4) is 0 Å². The largest absolute Gasteiger partial charge is 0.380 e. The third-order valence-corrected chi connectivity index (χ3v) is 5.01. The Morgan fingerprint density at radius 2 is 2.30 bits per heavy atom. The van der Waals surface area contributed by atoms with Gasteiger partial charge < -0.3 is 10.1 Å². The normalized spacial score (nSPS) is 23.0. The fraction of sp³-hybridized carbons (Fsp3) is 0.533. The molecule has 1 amide bonds. The number of amides is 1. The van der Waals surface area contributed by atoms with Gasteiger partial charge in [-0.3, -0.25) is 9.69 Å². The minimum Gasteiger partial charge on any atom is -0.380 e. The maximum atomic E-state index is 12.3. The Morgan fingerprint density at radius 1 is 1.55 bits per heavy atom. The first-order valence-corrected chi connectivity index (χ1v) is 7.57. The summed E-state index contributed by atoms with van der Waals surface area (Å²) in [6.45, 7) is 3.40. The number of hydrogen-bond acceptors (Lipinski definition) is 3. The van der Waals surface area contributed by atoms with Gasteiger partial charge in [0.05, 0.1) is 12.1 Å². The van der Waals surface area contributed by atoms with E-state index in [0.717, 1.165) is 23.0 Å². The molecule has 1 aromatic carbocycles. The number of likely N-dealkylation sites (N-methyl/N-ethyl adjacent to an activating group) is 1. The number of benzene rings is 1. The summed E-state index contributed by atoms with van der Waals surface area (Å²) in [5, 5.41) is 3.02. The molecular weight excluding hydrogens is 320 g/mol. The Balaban J connectivity index is 1.94. The predicted molar refractivity (Wildman–Crippen MR) is 82.6 cm³/mol. The highest BCUT2D eigenvalue weighted by atomic mass is 79.9. The standard InChI is InChI=1S/C15H21BrN2O2/c1-10-5-4-6-11(14(10)16)8-17-15(19)13-7-12(20-3)9-18(13)2/h4-6,12-13H,7-9H2,1-3H3,(H,17,19)/t12-,13-/m0/s1. The topological polar surface area (TPSA) is 41.6 Å². The molecule has 5 heteroatoms. The van der Waals surface area contributed by atoms with Gasteiger partial charge in [0, 0.05) is 24.7 Å². The van der Waals surface area contributed by atoms with Crippen LogP contribution in [-0.2, 0) is 16.1 Å². The number of hydrogen-bond donors (Lipinski definition) is 1. The van der Waals surface area contributed by atoms with Crippen LogP contribution in [-0.4, -0.2) is 43.7 Å². The second kappa shape index (κ2) is 6.70. The Bertz CT molecular complexity index is 493. The van der Waals surface area contributed by atoms with Crippen molar-refractivity contribution in [1.29, 1.82) is 0 Å². The zero-order valence-corrected chi connectivity index (χ0v) is 13.7. The van der Waals surface area contributed by atoms with Crippen molar-refractivity contribution in [2.45, 2.75) is 32.0 Å². The molecule has 1 aliphatic rings. The monoisotopic (exact) mass is 340 g/mol. The summed E-state index contributed by atoms with van der Waals surface area (Å²) in [5.74, 6) is 0.0699. The Morgan fingerprint density at radius 3 is 2.95 bits per heavy atom. The third kappa shape index (κ3) is 3.40. The molecule has 0 aromatic heterocycles. The number of likely N-dealkylation sites (tertiary alicyclic amines) is 1. The maximum Gasteiger partial charge on any atom is 0.237 e. The van der Waals surface area contributed by atoms with E-state index in [4.69, 9.17) is 4.74 Å². The van der Waals surface area contributed by atoms with E-state index in [2.05, 4.69) is 26.1 Å². The van der Waals surface area contributed by atoms with Gasteiger partial charge in [0.2, 0.25) is 5.91 Å². The molecule has 1 fully saturated rings. The van der Waals surface area contributed by atoms with E-state index in [1.54, 1.807) is 7.11 Å². The summed E-state index contributed by atoms with van der Waals surface area (Å²) in [5.41, 5.74) is 2.27. The van der Waals surface area contributed by atoms with E-state index >= 15 is 0 Å². The van der Waals surface area contributed by atoms with Crippen LogP contribution in [0.2, 0.25) is 0 Å². The van der Waals surface area contributed by atoms with Gasteiger partial charge in [-0.15, -0.1) is 0 Å². The zero-order valence-electron chi connectivity index (χ0n) is 12.1. The lowest BCUT2D eigenvalue weighted by Crippen LogP contribution is -2.41. The Kier molecular flexibility index (Phi) is 5.18. The number of nitrogens with zero attached hydrogens (tertiary/aromatic N) is 1. The van der Waals surface area contributed by atoms with E-state index in [1.807, 2.05) is 32.2 Å². The summed E-state index contributed by atoms with van der Waals surface area (Å²) < 4.78 is 6.40. The van der Waals surface area contributed by atoms with E-state index < -0.39 is 0 Å². The Labute approximate surface area is 128 Å². The van der Waals surface area contributed by atoms with Gasteiger partial charge in [-0.25, -0.2) is 0 Å². The summed E-state index contributed by atoms with van der Waals surface area (Å²) in [6, 6.07) is 5.98. The SMILES string of the molecule is CO[C@H]1C[C@@H](C(=O)NCc2cccc(C)c2Br)N(C)C1. The van der Waals surface area contributed by atoms with Crippen molar-refractivity contribution in [1.82, 2.24) is 10.2 Å². The van der Waals surface area contributed by atoms with Crippen LogP contribution >= 0.6 is 15.9 Å². The van der Waals surface area contributed by atoms with Crippen LogP contribution in [0.15, 0.2) is 22.7 Å². The molecule has 1 aromatic rings.